The Labute approximate surface area is 158 Å². The fourth-order valence-corrected chi connectivity index (χ4v) is 2.50. The first kappa shape index (κ1) is 20.4. The predicted molar refractivity (Wildman–Crippen MR) is 101 cm³/mol. The van der Waals surface area contributed by atoms with Crippen LogP contribution in [-0.2, 0) is 27.4 Å². The Morgan fingerprint density at radius 3 is 2.44 bits per heavy atom. The molecule has 0 saturated carbocycles. The molecule has 27 heavy (non-hydrogen) atoms. The minimum atomic E-state index is -0.722. The number of carbonyl (C=O) groups is 2. The van der Waals surface area contributed by atoms with Gasteiger partial charge in [-0.3, -0.25) is 9.59 Å². The van der Waals surface area contributed by atoms with E-state index in [9.17, 15) is 14.0 Å². The third-order valence-corrected chi connectivity index (χ3v) is 3.83. The summed E-state index contributed by atoms with van der Waals surface area (Å²) in [5, 5.41) is 8.55. The third kappa shape index (κ3) is 7.07. The molecule has 0 saturated heterocycles. The molecule has 0 aliphatic rings. The SMILES string of the molecule is COCC(NC(C)=O)C(=O)NCc1ccc(NCc2cccc(F)c2)cc1. The Morgan fingerprint density at radius 2 is 1.81 bits per heavy atom. The molecule has 2 aromatic carbocycles. The first-order valence-electron chi connectivity index (χ1n) is 8.59. The van der Waals surface area contributed by atoms with Crippen LogP contribution < -0.4 is 16.0 Å². The predicted octanol–water partition coefficient (Wildman–Crippen LogP) is 2.21. The van der Waals surface area contributed by atoms with Gasteiger partial charge in [0.2, 0.25) is 11.8 Å². The van der Waals surface area contributed by atoms with Gasteiger partial charge in [0.25, 0.3) is 0 Å². The van der Waals surface area contributed by atoms with Crippen molar-refractivity contribution in [3.63, 3.8) is 0 Å². The van der Waals surface area contributed by atoms with Crippen molar-refractivity contribution >= 4 is 17.5 Å². The molecule has 2 rings (SSSR count). The van der Waals surface area contributed by atoms with E-state index in [1.54, 1.807) is 6.07 Å². The first-order valence-corrected chi connectivity index (χ1v) is 8.59. The molecule has 1 atom stereocenters. The van der Waals surface area contributed by atoms with E-state index in [0.29, 0.717) is 13.1 Å². The molecule has 0 aliphatic heterocycles. The fraction of sp³-hybridized carbons (Fsp3) is 0.300. The van der Waals surface area contributed by atoms with E-state index >= 15 is 0 Å². The molecule has 0 fully saturated rings. The van der Waals surface area contributed by atoms with Crippen LogP contribution in [0, 0.1) is 5.82 Å². The molecule has 6 nitrogen and oxygen atoms in total. The lowest BCUT2D eigenvalue weighted by Gasteiger charge is -2.16. The average molecular weight is 373 g/mol. The smallest absolute Gasteiger partial charge is 0.245 e. The first-order chi connectivity index (χ1) is 13.0. The lowest BCUT2D eigenvalue weighted by Crippen LogP contribution is -2.48. The third-order valence-electron chi connectivity index (χ3n) is 3.83. The van der Waals surface area contributed by atoms with Gasteiger partial charge in [0.15, 0.2) is 0 Å². The number of hydrogen-bond acceptors (Lipinski definition) is 4. The van der Waals surface area contributed by atoms with Gasteiger partial charge in [0, 0.05) is 32.8 Å². The summed E-state index contributed by atoms with van der Waals surface area (Å²) in [6.07, 6.45) is 0. The number of hydrogen-bond donors (Lipinski definition) is 3. The maximum Gasteiger partial charge on any atom is 0.245 e. The van der Waals surface area contributed by atoms with Crippen LogP contribution in [0.3, 0.4) is 0 Å². The van der Waals surface area contributed by atoms with Gasteiger partial charge >= 0.3 is 0 Å². The molecule has 144 valence electrons. The highest BCUT2D eigenvalue weighted by Gasteiger charge is 2.18. The Bertz CT molecular complexity index is 765. The van der Waals surface area contributed by atoms with Crippen molar-refractivity contribution in [2.75, 3.05) is 19.0 Å². The van der Waals surface area contributed by atoms with Crippen molar-refractivity contribution in [1.82, 2.24) is 10.6 Å². The van der Waals surface area contributed by atoms with Crippen molar-refractivity contribution in [3.05, 3.63) is 65.5 Å². The molecule has 0 aliphatic carbocycles. The summed E-state index contributed by atoms with van der Waals surface area (Å²) in [5.41, 5.74) is 2.66. The number of carbonyl (C=O) groups excluding carboxylic acids is 2. The number of anilines is 1. The van der Waals surface area contributed by atoms with Crippen LogP contribution in [-0.4, -0.2) is 31.6 Å². The van der Waals surface area contributed by atoms with Gasteiger partial charge in [-0.25, -0.2) is 4.39 Å². The van der Waals surface area contributed by atoms with Crippen molar-refractivity contribution in [1.29, 1.82) is 0 Å². The van der Waals surface area contributed by atoms with Gasteiger partial charge in [-0.05, 0) is 35.4 Å². The standard InChI is InChI=1S/C20H24FN3O3/c1-14(25)24-19(13-27-2)20(26)23-11-15-6-8-18(9-7-15)22-12-16-4-3-5-17(21)10-16/h3-10,19,22H,11-13H2,1-2H3,(H,23,26)(H,24,25). The van der Waals surface area contributed by atoms with Crippen molar-refractivity contribution < 1.29 is 18.7 Å². The van der Waals surface area contributed by atoms with E-state index in [-0.39, 0.29) is 24.2 Å². The van der Waals surface area contributed by atoms with Crippen LogP contribution in [0.25, 0.3) is 0 Å². The summed E-state index contributed by atoms with van der Waals surface area (Å²) in [6.45, 7) is 2.31. The summed E-state index contributed by atoms with van der Waals surface area (Å²) in [6, 6.07) is 13.3. The molecule has 2 aromatic rings. The highest BCUT2D eigenvalue weighted by atomic mass is 19.1. The van der Waals surface area contributed by atoms with E-state index in [4.69, 9.17) is 4.74 Å². The minimum absolute atomic E-state index is 0.106. The number of rotatable bonds is 9. The number of benzene rings is 2. The maximum atomic E-state index is 13.2. The topological polar surface area (TPSA) is 79.5 Å². The highest BCUT2D eigenvalue weighted by Crippen LogP contribution is 2.12. The highest BCUT2D eigenvalue weighted by molar-refractivity contribution is 5.86. The average Bonchev–Trinajstić information content (AvgIpc) is 2.64. The second-order valence-electron chi connectivity index (χ2n) is 6.11. The van der Waals surface area contributed by atoms with E-state index in [2.05, 4.69) is 16.0 Å². The molecule has 0 radical (unpaired) electrons. The largest absolute Gasteiger partial charge is 0.382 e. The summed E-state index contributed by atoms with van der Waals surface area (Å²) in [4.78, 5) is 23.3. The van der Waals surface area contributed by atoms with Gasteiger partial charge in [-0.2, -0.15) is 0 Å². The van der Waals surface area contributed by atoms with Crippen molar-refractivity contribution in [2.45, 2.75) is 26.1 Å². The lowest BCUT2D eigenvalue weighted by molar-refractivity contribution is -0.129. The van der Waals surface area contributed by atoms with Crippen LogP contribution in [0.4, 0.5) is 10.1 Å². The molecule has 0 heterocycles. The number of nitrogens with one attached hydrogen (secondary N) is 3. The van der Waals surface area contributed by atoms with Crippen LogP contribution in [0.5, 0.6) is 0 Å². The molecule has 2 amide bonds. The van der Waals surface area contributed by atoms with Gasteiger partial charge in [-0.15, -0.1) is 0 Å². The quantitative estimate of drug-likeness (QED) is 0.630. The van der Waals surface area contributed by atoms with E-state index in [1.165, 1.54) is 26.2 Å². The number of ether oxygens (including phenoxy) is 1. The number of halogens is 1. The molecule has 0 aromatic heterocycles. The Morgan fingerprint density at radius 1 is 1.07 bits per heavy atom. The summed E-state index contributed by atoms with van der Waals surface area (Å²) < 4.78 is 18.1. The van der Waals surface area contributed by atoms with Crippen LogP contribution in [0.15, 0.2) is 48.5 Å². The number of methoxy groups -OCH3 is 1. The van der Waals surface area contributed by atoms with E-state index in [0.717, 1.165) is 16.8 Å². The molecule has 7 heteroatoms. The summed E-state index contributed by atoms with van der Waals surface area (Å²) in [7, 11) is 1.47. The normalized spacial score (nSPS) is 11.5. The van der Waals surface area contributed by atoms with Crippen molar-refractivity contribution in [3.8, 4) is 0 Å². The van der Waals surface area contributed by atoms with Gasteiger partial charge in [-0.1, -0.05) is 24.3 Å². The summed E-state index contributed by atoms with van der Waals surface area (Å²) in [5.74, 6) is -0.854. The van der Waals surface area contributed by atoms with Crippen molar-refractivity contribution in [2.24, 2.45) is 0 Å². The van der Waals surface area contributed by atoms with Crippen LogP contribution in [0.2, 0.25) is 0 Å². The molecule has 0 bridgehead atoms. The second-order valence-corrected chi connectivity index (χ2v) is 6.11. The monoisotopic (exact) mass is 373 g/mol. The summed E-state index contributed by atoms with van der Waals surface area (Å²) >= 11 is 0. The Hall–Kier alpha value is -2.93. The van der Waals surface area contributed by atoms with Gasteiger partial charge < -0.3 is 20.7 Å². The molecule has 0 spiro atoms. The zero-order valence-corrected chi connectivity index (χ0v) is 15.4. The lowest BCUT2D eigenvalue weighted by atomic mass is 10.1. The van der Waals surface area contributed by atoms with Crippen LogP contribution >= 0.6 is 0 Å². The number of amides is 2. The van der Waals surface area contributed by atoms with Gasteiger partial charge in [0.05, 0.1) is 6.61 Å². The van der Waals surface area contributed by atoms with E-state index in [1.807, 2.05) is 30.3 Å². The fourth-order valence-electron chi connectivity index (χ4n) is 2.50. The molecule has 3 N–H and O–H groups in total. The molecular formula is C20H24FN3O3. The molecular weight excluding hydrogens is 349 g/mol. The van der Waals surface area contributed by atoms with Gasteiger partial charge in [0.1, 0.15) is 11.9 Å². The maximum absolute atomic E-state index is 13.2. The van der Waals surface area contributed by atoms with E-state index < -0.39 is 6.04 Å². The minimum Gasteiger partial charge on any atom is -0.382 e. The molecule has 1 unspecified atom stereocenters. The second kappa shape index (κ2) is 10.3. The Balaban J connectivity index is 1.84. The zero-order valence-electron chi connectivity index (χ0n) is 15.4. The zero-order chi connectivity index (χ0) is 19.6. The van der Waals surface area contributed by atoms with Crippen LogP contribution in [0.1, 0.15) is 18.1 Å². The Kier molecular flexibility index (Phi) is 7.76.